The number of benzene rings is 2. The summed E-state index contributed by atoms with van der Waals surface area (Å²) in [5.41, 5.74) is 8.38. The van der Waals surface area contributed by atoms with E-state index in [1.165, 1.54) is 49.7 Å². The van der Waals surface area contributed by atoms with Gasteiger partial charge in [0.2, 0.25) is 11.8 Å². The maximum Gasteiger partial charge on any atom is 0.238 e. The smallest absolute Gasteiger partial charge is 0.238 e. The third kappa shape index (κ3) is 7.29. The van der Waals surface area contributed by atoms with Crippen LogP contribution < -0.4 is 10.6 Å². The van der Waals surface area contributed by atoms with E-state index in [-0.39, 0.29) is 17.2 Å². The van der Waals surface area contributed by atoms with Crippen LogP contribution in [-0.4, -0.2) is 60.9 Å². The number of rotatable bonds is 8. The Morgan fingerprint density at radius 1 is 0.615 bits per heavy atom. The summed E-state index contributed by atoms with van der Waals surface area (Å²) in [5.74, 6) is 0.138. The summed E-state index contributed by atoms with van der Waals surface area (Å²) in [6.07, 6.45) is 7.26. The number of nitrogens with one attached hydrogen (secondary N) is 2. The van der Waals surface area contributed by atoms with Gasteiger partial charge in [0.05, 0.1) is 13.1 Å². The number of piperidine rings is 2. The van der Waals surface area contributed by atoms with Crippen LogP contribution in [-0.2, 0) is 15.0 Å². The summed E-state index contributed by atoms with van der Waals surface area (Å²) < 4.78 is 0. The number of carbonyl (C=O) groups excluding carboxylic acids is 2. The van der Waals surface area contributed by atoms with Crippen molar-refractivity contribution >= 4 is 23.2 Å². The molecule has 6 nitrogen and oxygen atoms in total. The largest absolute Gasteiger partial charge is 0.324 e. The zero-order chi connectivity index (χ0) is 28.2. The Kier molecular flexibility index (Phi) is 9.50. The van der Waals surface area contributed by atoms with Crippen molar-refractivity contribution in [3.8, 4) is 0 Å². The molecule has 212 valence electrons. The second-order valence-corrected chi connectivity index (χ2v) is 12.4. The first-order chi connectivity index (χ1) is 18.5. The van der Waals surface area contributed by atoms with E-state index in [1.807, 2.05) is 0 Å². The lowest BCUT2D eigenvalue weighted by molar-refractivity contribution is -0.118. The van der Waals surface area contributed by atoms with Gasteiger partial charge in [0.15, 0.2) is 0 Å². The number of amides is 2. The van der Waals surface area contributed by atoms with E-state index in [1.54, 1.807) is 0 Å². The van der Waals surface area contributed by atoms with Crippen molar-refractivity contribution < 1.29 is 9.59 Å². The van der Waals surface area contributed by atoms with E-state index >= 15 is 0 Å². The Morgan fingerprint density at radius 3 is 1.23 bits per heavy atom. The monoisotopic (exact) mass is 532 g/mol. The molecule has 0 atom stereocenters. The molecule has 0 aliphatic carbocycles. The van der Waals surface area contributed by atoms with Gasteiger partial charge in [-0.15, -0.1) is 0 Å². The molecule has 0 saturated carbocycles. The molecular weight excluding hydrogens is 484 g/mol. The van der Waals surface area contributed by atoms with Crippen LogP contribution in [0.3, 0.4) is 0 Å². The van der Waals surface area contributed by atoms with E-state index in [0.717, 1.165) is 59.8 Å². The Bertz CT molecular complexity index is 1050. The molecule has 6 heteroatoms. The van der Waals surface area contributed by atoms with Crippen molar-refractivity contribution in [2.75, 3.05) is 49.9 Å². The first-order valence-electron chi connectivity index (χ1n) is 14.8. The highest BCUT2D eigenvalue weighted by molar-refractivity contribution is 5.94. The van der Waals surface area contributed by atoms with Gasteiger partial charge in [0, 0.05) is 16.8 Å². The van der Waals surface area contributed by atoms with Crippen molar-refractivity contribution in [1.82, 2.24) is 9.80 Å². The summed E-state index contributed by atoms with van der Waals surface area (Å²) in [6.45, 7) is 17.8. The summed E-state index contributed by atoms with van der Waals surface area (Å²) in [5, 5.41) is 6.39. The molecule has 2 heterocycles. The molecule has 0 bridgehead atoms. The molecule has 2 saturated heterocycles. The fourth-order valence-corrected chi connectivity index (χ4v) is 6.21. The Morgan fingerprint density at radius 2 is 0.923 bits per heavy atom. The van der Waals surface area contributed by atoms with Gasteiger partial charge in [-0.05, 0) is 113 Å². The first-order valence-corrected chi connectivity index (χ1v) is 14.8. The third-order valence-corrected chi connectivity index (χ3v) is 8.67. The van der Waals surface area contributed by atoms with Crippen molar-refractivity contribution in [3.63, 3.8) is 0 Å². The molecule has 2 aromatic carbocycles. The van der Waals surface area contributed by atoms with Gasteiger partial charge in [-0.1, -0.05) is 51.0 Å². The van der Waals surface area contributed by atoms with Crippen LogP contribution in [0.4, 0.5) is 11.4 Å². The molecule has 0 unspecified atom stereocenters. The predicted molar refractivity (Wildman–Crippen MR) is 162 cm³/mol. The maximum atomic E-state index is 12.8. The van der Waals surface area contributed by atoms with Gasteiger partial charge < -0.3 is 10.6 Å². The van der Waals surface area contributed by atoms with Crippen LogP contribution in [0.25, 0.3) is 0 Å². The Hall–Kier alpha value is -2.70. The second kappa shape index (κ2) is 12.6. The number of aryl methyl sites for hydroxylation is 4. The van der Waals surface area contributed by atoms with Crippen LogP contribution in [0.1, 0.15) is 85.8 Å². The second-order valence-electron chi connectivity index (χ2n) is 12.4. The molecule has 4 rings (SSSR count). The third-order valence-electron chi connectivity index (χ3n) is 8.67. The van der Waals surface area contributed by atoms with Gasteiger partial charge >= 0.3 is 0 Å². The quantitative estimate of drug-likeness (QED) is 0.432. The minimum absolute atomic E-state index is 0.0688. The summed E-state index contributed by atoms with van der Waals surface area (Å²) in [4.78, 5) is 30.1. The van der Waals surface area contributed by atoms with E-state index < -0.39 is 0 Å². The lowest BCUT2D eigenvalue weighted by Crippen LogP contribution is -2.37. The molecule has 39 heavy (non-hydrogen) atoms. The number of carbonyl (C=O) groups is 2. The first kappa shape index (κ1) is 29.3. The number of hydrogen-bond donors (Lipinski definition) is 2. The average Bonchev–Trinajstić information content (AvgIpc) is 2.89. The van der Waals surface area contributed by atoms with E-state index in [0.29, 0.717) is 13.1 Å². The number of hydrogen-bond acceptors (Lipinski definition) is 4. The fourth-order valence-electron chi connectivity index (χ4n) is 6.21. The van der Waals surface area contributed by atoms with Crippen molar-refractivity contribution in [2.45, 2.75) is 85.5 Å². The molecule has 2 N–H and O–H groups in total. The van der Waals surface area contributed by atoms with Gasteiger partial charge in [-0.2, -0.15) is 0 Å². The summed E-state index contributed by atoms with van der Waals surface area (Å²) in [6, 6.07) is 8.84. The average molecular weight is 533 g/mol. The highest BCUT2D eigenvalue weighted by atomic mass is 16.2. The van der Waals surface area contributed by atoms with Crippen molar-refractivity contribution in [2.24, 2.45) is 0 Å². The molecule has 0 spiro atoms. The molecule has 2 aromatic rings. The highest BCUT2D eigenvalue weighted by Crippen LogP contribution is 2.37. The molecule has 2 aliphatic rings. The predicted octanol–water partition coefficient (Wildman–Crippen LogP) is 6.09. The SMILES string of the molecule is Cc1cc(C(C)(C)c2cc(C)c(NC(=O)CN3CCCCC3)c(C)c2)cc(C)c1NC(=O)CN1CCCCC1. The minimum Gasteiger partial charge on any atom is -0.324 e. The zero-order valence-electron chi connectivity index (χ0n) is 25.0. The van der Waals surface area contributed by atoms with E-state index in [4.69, 9.17) is 0 Å². The summed E-state index contributed by atoms with van der Waals surface area (Å²) in [7, 11) is 0. The topological polar surface area (TPSA) is 64.7 Å². The molecule has 0 aromatic heterocycles. The Labute approximate surface area is 235 Å². The van der Waals surface area contributed by atoms with Crippen molar-refractivity contribution in [1.29, 1.82) is 0 Å². The van der Waals surface area contributed by atoms with Gasteiger partial charge in [-0.3, -0.25) is 19.4 Å². The standard InChI is InChI=1S/C33H48N4O2/c1-23-17-27(18-24(2)31(23)34-29(38)21-36-13-9-7-10-14-36)33(5,6)28-19-25(3)32(26(4)20-28)35-30(39)22-37-15-11-8-12-16-37/h17-20H,7-16,21-22H2,1-6H3,(H,34,38)(H,35,39). The highest BCUT2D eigenvalue weighted by Gasteiger charge is 2.27. The lowest BCUT2D eigenvalue weighted by Gasteiger charge is -2.30. The van der Waals surface area contributed by atoms with Gasteiger partial charge in [0.1, 0.15) is 0 Å². The number of nitrogens with zero attached hydrogens (tertiary/aromatic N) is 2. The molecule has 0 radical (unpaired) electrons. The van der Waals surface area contributed by atoms with Crippen LogP contribution in [0.5, 0.6) is 0 Å². The number of anilines is 2. The van der Waals surface area contributed by atoms with Crippen LogP contribution in [0.2, 0.25) is 0 Å². The van der Waals surface area contributed by atoms with Crippen molar-refractivity contribution in [3.05, 3.63) is 57.6 Å². The van der Waals surface area contributed by atoms with Crippen LogP contribution in [0.15, 0.2) is 24.3 Å². The fraction of sp³-hybridized carbons (Fsp3) is 0.576. The van der Waals surface area contributed by atoms with E-state index in [2.05, 4.69) is 86.2 Å². The van der Waals surface area contributed by atoms with Gasteiger partial charge in [0.25, 0.3) is 0 Å². The minimum atomic E-state index is -0.238. The lowest BCUT2D eigenvalue weighted by atomic mass is 9.76. The molecular formula is C33H48N4O2. The molecule has 2 aliphatic heterocycles. The molecule has 2 fully saturated rings. The molecule has 2 amide bonds. The summed E-state index contributed by atoms with van der Waals surface area (Å²) >= 11 is 0. The number of likely N-dealkylation sites (tertiary alicyclic amines) is 2. The van der Waals surface area contributed by atoms with E-state index in [9.17, 15) is 9.59 Å². The normalized spacial score (nSPS) is 17.2. The van der Waals surface area contributed by atoms with Gasteiger partial charge in [-0.25, -0.2) is 0 Å². The van der Waals surface area contributed by atoms with Crippen LogP contribution >= 0.6 is 0 Å². The van der Waals surface area contributed by atoms with Crippen LogP contribution in [0, 0.1) is 27.7 Å². The maximum absolute atomic E-state index is 12.8. The zero-order valence-corrected chi connectivity index (χ0v) is 25.0. The Balaban J connectivity index is 1.48.